The van der Waals surface area contributed by atoms with E-state index in [2.05, 4.69) is 54.5 Å². The summed E-state index contributed by atoms with van der Waals surface area (Å²) < 4.78 is 0. The van der Waals surface area contributed by atoms with Gasteiger partial charge in [-0.3, -0.25) is 4.79 Å². The summed E-state index contributed by atoms with van der Waals surface area (Å²) in [5, 5.41) is 20.4. The second kappa shape index (κ2) is 9.46. The van der Waals surface area contributed by atoms with Crippen LogP contribution >= 0.6 is 0 Å². The van der Waals surface area contributed by atoms with Gasteiger partial charge in [-0.25, -0.2) is 4.79 Å². The van der Waals surface area contributed by atoms with E-state index in [1.807, 2.05) is 6.08 Å². The lowest BCUT2D eigenvalue weighted by molar-refractivity contribution is -0.246. The van der Waals surface area contributed by atoms with Crippen LogP contribution in [0, 0.1) is 74.4 Å². The number of hydrogen-bond donors (Lipinski definition) is 2. The third kappa shape index (κ3) is 3.83. The molecule has 228 valence electrons. The predicted octanol–water partition coefficient (Wildman–Crippen LogP) is 9.01. The first-order valence-corrected chi connectivity index (χ1v) is 17.0. The fraction of sp³-hybridized carbons (Fsp3) is 0.838. The molecule has 0 heterocycles. The van der Waals surface area contributed by atoms with Crippen LogP contribution in [0.1, 0.15) is 119 Å². The van der Waals surface area contributed by atoms with Gasteiger partial charge in [-0.1, -0.05) is 66.7 Å². The zero-order chi connectivity index (χ0) is 29.8. The molecule has 11 unspecified atom stereocenters. The molecule has 0 saturated heterocycles. The van der Waals surface area contributed by atoms with E-state index < -0.39 is 17.4 Å². The van der Waals surface area contributed by atoms with Gasteiger partial charge in [0.2, 0.25) is 0 Å². The van der Waals surface area contributed by atoms with Crippen LogP contribution in [0.4, 0.5) is 0 Å². The molecule has 6 aliphatic carbocycles. The van der Waals surface area contributed by atoms with Crippen molar-refractivity contribution in [3.63, 3.8) is 0 Å². The molecule has 5 fully saturated rings. The molecule has 6 aliphatic rings. The smallest absolute Gasteiger partial charge is 0.331 e. The lowest BCUT2D eigenvalue weighted by Crippen LogP contribution is -2.67. The molecule has 41 heavy (non-hydrogen) atoms. The van der Waals surface area contributed by atoms with E-state index in [9.17, 15) is 19.8 Å². The molecule has 0 radical (unpaired) electrons. The maximum atomic E-state index is 13.0. The minimum atomic E-state index is -0.766. The van der Waals surface area contributed by atoms with Crippen molar-refractivity contribution in [1.82, 2.24) is 0 Å². The average Bonchev–Trinajstić information content (AvgIpc) is 3.30. The first kappa shape index (κ1) is 29.5. The third-order valence-corrected chi connectivity index (χ3v) is 15.8. The largest absolute Gasteiger partial charge is 0.481 e. The summed E-state index contributed by atoms with van der Waals surface area (Å²) in [6.07, 6.45) is 18.0. The molecule has 0 aliphatic heterocycles. The summed E-state index contributed by atoms with van der Waals surface area (Å²) in [5.74, 6) is 2.77. The Bertz CT molecular complexity index is 1160. The summed E-state index contributed by atoms with van der Waals surface area (Å²) in [7, 11) is 0. The molecule has 2 N–H and O–H groups in total. The molecule has 5 saturated carbocycles. The molecule has 0 spiro atoms. The molecule has 4 heteroatoms. The Labute approximate surface area is 248 Å². The number of rotatable bonds is 4. The van der Waals surface area contributed by atoms with E-state index in [1.54, 1.807) is 6.08 Å². The highest BCUT2D eigenvalue weighted by Crippen LogP contribution is 2.78. The van der Waals surface area contributed by atoms with Crippen molar-refractivity contribution in [3.8, 4) is 0 Å². The van der Waals surface area contributed by atoms with E-state index in [0.717, 1.165) is 25.7 Å². The summed E-state index contributed by atoms with van der Waals surface area (Å²) >= 11 is 0. The van der Waals surface area contributed by atoms with Crippen LogP contribution in [-0.4, -0.2) is 22.2 Å². The van der Waals surface area contributed by atoms with Crippen LogP contribution < -0.4 is 0 Å². The van der Waals surface area contributed by atoms with E-state index in [0.29, 0.717) is 59.3 Å². The van der Waals surface area contributed by atoms with Gasteiger partial charge in [0.05, 0.1) is 5.41 Å². The number of hydrogen-bond acceptors (Lipinski definition) is 2. The minimum absolute atomic E-state index is 0.154. The van der Waals surface area contributed by atoms with Crippen LogP contribution in [0.25, 0.3) is 0 Å². The van der Waals surface area contributed by atoms with Gasteiger partial charge in [0.25, 0.3) is 0 Å². The Kier molecular flexibility index (Phi) is 6.80. The number of fused-ring (bicyclic) bond motifs is 7. The average molecular weight is 565 g/mol. The number of aliphatic carboxylic acids is 2. The molecule has 0 amide bonds. The van der Waals surface area contributed by atoms with Gasteiger partial charge in [-0.15, -0.1) is 0 Å². The first-order chi connectivity index (χ1) is 19.1. The van der Waals surface area contributed by atoms with Crippen molar-refractivity contribution < 1.29 is 19.8 Å². The highest BCUT2D eigenvalue weighted by atomic mass is 16.4. The number of carboxylic acids is 2. The van der Waals surface area contributed by atoms with E-state index >= 15 is 0 Å². The molecular weight excluding hydrogens is 508 g/mol. The van der Waals surface area contributed by atoms with Crippen molar-refractivity contribution >= 4 is 11.9 Å². The van der Waals surface area contributed by atoms with Crippen molar-refractivity contribution in [2.24, 2.45) is 74.4 Å². The van der Waals surface area contributed by atoms with Gasteiger partial charge in [-0.05, 0) is 140 Å². The fourth-order valence-electron chi connectivity index (χ4n) is 13.7. The van der Waals surface area contributed by atoms with Gasteiger partial charge in [0.1, 0.15) is 0 Å². The zero-order valence-corrected chi connectivity index (χ0v) is 26.8. The van der Waals surface area contributed by atoms with Crippen molar-refractivity contribution in [2.75, 3.05) is 0 Å². The number of allylic oxidation sites excluding steroid dienone is 3. The summed E-state index contributed by atoms with van der Waals surface area (Å²) in [6.45, 7) is 17.6. The van der Waals surface area contributed by atoms with Gasteiger partial charge < -0.3 is 10.2 Å². The van der Waals surface area contributed by atoms with E-state index in [1.165, 1.54) is 38.5 Å². The molecule has 4 nitrogen and oxygen atoms in total. The van der Waals surface area contributed by atoms with Gasteiger partial charge in [0.15, 0.2) is 0 Å². The SMILES string of the molecule is CC(C)C1CCC2(C(=O)O)CCC3(C)C(CCC4C5(C)CCC(C6C=CC=C(C(=O)O)C6)C(C)(C)C5CCC43C)C12. The van der Waals surface area contributed by atoms with Crippen molar-refractivity contribution in [3.05, 3.63) is 23.8 Å². The topological polar surface area (TPSA) is 74.6 Å². The lowest BCUT2D eigenvalue weighted by Gasteiger charge is -2.73. The highest BCUT2D eigenvalue weighted by Gasteiger charge is 2.72. The Morgan fingerprint density at radius 3 is 2.20 bits per heavy atom. The quantitative estimate of drug-likeness (QED) is 0.357. The normalized spacial score (nSPS) is 50.2. The number of carboxylic acid groups (broad SMARTS) is 2. The second-order valence-electron chi connectivity index (χ2n) is 17.3. The Hall–Kier alpha value is -1.58. The molecular formula is C37H56O4. The third-order valence-electron chi connectivity index (χ3n) is 15.8. The predicted molar refractivity (Wildman–Crippen MR) is 163 cm³/mol. The van der Waals surface area contributed by atoms with Crippen molar-refractivity contribution in [1.29, 1.82) is 0 Å². The maximum Gasteiger partial charge on any atom is 0.331 e. The molecule has 0 bridgehead atoms. The van der Waals surface area contributed by atoms with Gasteiger partial charge in [0, 0.05) is 5.57 Å². The number of carbonyl (C=O) groups is 2. The summed E-state index contributed by atoms with van der Waals surface area (Å²) in [6, 6.07) is 0. The Balaban J connectivity index is 1.31. The van der Waals surface area contributed by atoms with E-state index in [-0.39, 0.29) is 21.7 Å². The Morgan fingerprint density at radius 1 is 0.805 bits per heavy atom. The van der Waals surface area contributed by atoms with Gasteiger partial charge >= 0.3 is 11.9 Å². The van der Waals surface area contributed by atoms with Crippen LogP contribution in [-0.2, 0) is 9.59 Å². The molecule has 6 rings (SSSR count). The molecule has 0 aromatic carbocycles. The maximum absolute atomic E-state index is 13.0. The van der Waals surface area contributed by atoms with E-state index in [4.69, 9.17) is 0 Å². The monoisotopic (exact) mass is 564 g/mol. The Morgan fingerprint density at radius 2 is 1.54 bits per heavy atom. The molecule has 11 atom stereocenters. The van der Waals surface area contributed by atoms with Crippen LogP contribution in [0.5, 0.6) is 0 Å². The van der Waals surface area contributed by atoms with Crippen LogP contribution in [0.3, 0.4) is 0 Å². The summed E-state index contributed by atoms with van der Waals surface area (Å²) in [4.78, 5) is 24.8. The minimum Gasteiger partial charge on any atom is -0.481 e. The molecule has 0 aromatic rings. The standard InChI is InChI=1S/C37H56O4/c1-22(2)25-13-18-37(32(40)41)20-19-35(6)27(30(25)37)11-12-29-34(5)16-14-26(23-9-8-10-24(21-23)31(38)39)33(3,4)28(34)15-17-36(29,35)7/h8-10,22-23,25-30H,11-21H2,1-7H3,(H,38,39)(H,40,41). The van der Waals surface area contributed by atoms with Crippen molar-refractivity contribution in [2.45, 2.75) is 119 Å². The zero-order valence-electron chi connectivity index (χ0n) is 26.8. The molecule has 0 aromatic heterocycles. The van der Waals surface area contributed by atoms with Crippen LogP contribution in [0.2, 0.25) is 0 Å². The highest BCUT2D eigenvalue weighted by molar-refractivity contribution is 5.87. The second-order valence-corrected chi connectivity index (χ2v) is 17.3. The lowest BCUT2D eigenvalue weighted by atomic mass is 9.31. The van der Waals surface area contributed by atoms with Gasteiger partial charge in [-0.2, -0.15) is 0 Å². The van der Waals surface area contributed by atoms with Crippen LogP contribution in [0.15, 0.2) is 23.8 Å². The summed E-state index contributed by atoms with van der Waals surface area (Å²) in [5.41, 5.74) is 0.925. The first-order valence-electron chi connectivity index (χ1n) is 17.0. The fourth-order valence-corrected chi connectivity index (χ4v) is 13.7.